The van der Waals surface area contributed by atoms with E-state index in [1.165, 1.54) is 0 Å². The zero-order valence-corrected chi connectivity index (χ0v) is 24.0. The summed E-state index contributed by atoms with van der Waals surface area (Å²) < 4.78 is 6.75. The number of rotatable bonds is 3. The molecule has 0 radical (unpaired) electrons. The van der Waals surface area contributed by atoms with Gasteiger partial charge in [0.05, 0.1) is 27.8 Å². The molecule has 4 heterocycles. The first-order chi connectivity index (χ1) is 22.3. The molecule has 0 N–H and O–H groups in total. The van der Waals surface area contributed by atoms with E-state index in [9.17, 15) is 0 Å². The molecule has 45 heavy (non-hydrogen) atoms. The third kappa shape index (κ3) is 3.36. The molecule has 10 aromatic rings. The lowest BCUT2D eigenvalue weighted by atomic mass is 10.0. The number of hydrogen-bond donors (Lipinski definition) is 0. The highest BCUT2D eigenvalue weighted by atomic mass is 15.3. The maximum absolute atomic E-state index is 5.39. The Balaban J connectivity index is 1.44. The van der Waals surface area contributed by atoms with E-state index in [-0.39, 0.29) is 0 Å². The van der Waals surface area contributed by atoms with Crippen molar-refractivity contribution in [2.24, 2.45) is 0 Å². The Morgan fingerprint density at radius 1 is 0.467 bits per heavy atom. The molecule has 6 aromatic carbocycles. The van der Waals surface area contributed by atoms with Crippen LogP contribution in [-0.4, -0.2) is 28.5 Å². The second-order valence-electron chi connectivity index (χ2n) is 11.4. The van der Waals surface area contributed by atoms with E-state index in [2.05, 4.69) is 141 Å². The standard InChI is InChI=1S/C39H24N6/c1-3-14-26(15-4-1)34-30-24-23-25-13-7-8-18-28(25)35(30)42-38(41-34)44-32-21-11-9-19-29(32)36-37(44)45-33-22-12-10-20-31(33)40-39(45)43(36)27-16-5-2-6-17-27/h1-24H. The molecule has 0 bridgehead atoms. The zero-order chi connectivity index (χ0) is 29.5. The van der Waals surface area contributed by atoms with Crippen LogP contribution in [0.15, 0.2) is 146 Å². The molecule has 0 amide bonds. The fraction of sp³-hybridized carbons (Fsp3) is 0. The fourth-order valence-electron chi connectivity index (χ4n) is 6.90. The first kappa shape index (κ1) is 24.2. The van der Waals surface area contributed by atoms with Crippen molar-refractivity contribution in [3.8, 4) is 22.9 Å². The van der Waals surface area contributed by atoms with E-state index >= 15 is 0 Å². The molecule has 6 nitrogen and oxygen atoms in total. The minimum Gasteiger partial charge on any atom is -0.276 e. The maximum atomic E-state index is 5.39. The summed E-state index contributed by atoms with van der Waals surface area (Å²) in [6, 6.07) is 50.5. The van der Waals surface area contributed by atoms with Gasteiger partial charge in [0.2, 0.25) is 11.7 Å². The quantitative estimate of drug-likeness (QED) is 0.197. The molecule has 0 spiro atoms. The van der Waals surface area contributed by atoms with E-state index in [0.717, 1.165) is 77.5 Å². The van der Waals surface area contributed by atoms with Crippen molar-refractivity contribution in [2.45, 2.75) is 0 Å². The molecule has 0 unspecified atom stereocenters. The van der Waals surface area contributed by atoms with E-state index in [1.54, 1.807) is 0 Å². The number of aromatic nitrogens is 6. The van der Waals surface area contributed by atoms with Crippen LogP contribution in [0.4, 0.5) is 0 Å². The van der Waals surface area contributed by atoms with Gasteiger partial charge < -0.3 is 0 Å². The Morgan fingerprint density at radius 3 is 2.00 bits per heavy atom. The van der Waals surface area contributed by atoms with Gasteiger partial charge in [-0.1, -0.05) is 109 Å². The molecule has 0 aliphatic carbocycles. The first-order valence-electron chi connectivity index (χ1n) is 15.1. The second-order valence-corrected chi connectivity index (χ2v) is 11.4. The Hall–Kier alpha value is -6.27. The smallest absolute Gasteiger partial charge is 0.237 e. The van der Waals surface area contributed by atoms with Crippen LogP contribution in [0.25, 0.3) is 83.4 Å². The highest BCUT2D eigenvalue weighted by molar-refractivity contribution is 6.12. The van der Waals surface area contributed by atoms with Crippen molar-refractivity contribution in [1.29, 1.82) is 0 Å². The van der Waals surface area contributed by atoms with E-state index in [4.69, 9.17) is 15.0 Å². The summed E-state index contributed by atoms with van der Waals surface area (Å²) in [6.07, 6.45) is 0. The van der Waals surface area contributed by atoms with E-state index in [1.807, 2.05) is 18.2 Å². The summed E-state index contributed by atoms with van der Waals surface area (Å²) >= 11 is 0. The summed E-state index contributed by atoms with van der Waals surface area (Å²) in [5.41, 5.74) is 8.97. The summed E-state index contributed by atoms with van der Waals surface area (Å²) in [6.45, 7) is 0. The minimum absolute atomic E-state index is 0.619. The number of imidazole rings is 2. The van der Waals surface area contributed by atoms with Gasteiger partial charge in [-0.3, -0.25) is 13.5 Å². The Morgan fingerprint density at radius 2 is 1.16 bits per heavy atom. The van der Waals surface area contributed by atoms with Crippen molar-refractivity contribution in [3.63, 3.8) is 0 Å². The van der Waals surface area contributed by atoms with Crippen LogP contribution >= 0.6 is 0 Å². The largest absolute Gasteiger partial charge is 0.276 e. The molecule has 4 aromatic heterocycles. The third-order valence-electron chi connectivity index (χ3n) is 8.84. The lowest BCUT2D eigenvalue weighted by Crippen LogP contribution is -2.05. The Labute approximate surface area is 257 Å². The van der Waals surface area contributed by atoms with Crippen LogP contribution in [0, 0.1) is 0 Å². The molecular weight excluding hydrogens is 552 g/mol. The van der Waals surface area contributed by atoms with Crippen molar-refractivity contribution in [1.82, 2.24) is 28.5 Å². The number of benzene rings is 6. The molecule has 0 saturated carbocycles. The van der Waals surface area contributed by atoms with E-state index < -0.39 is 0 Å². The Bertz CT molecular complexity index is 2750. The summed E-state index contributed by atoms with van der Waals surface area (Å²) in [5, 5.41) is 4.38. The van der Waals surface area contributed by atoms with Gasteiger partial charge >= 0.3 is 0 Å². The highest BCUT2D eigenvalue weighted by Crippen LogP contribution is 2.39. The number of fused-ring (bicyclic) bond motifs is 10. The minimum atomic E-state index is 0.619. The molecule has 6 heteroatoms. The van der Waals surface area contributed by atoms with Gasteiger partial charge in [-0.2, -0.15) is 0 Å². The van der Waals surface area contributed by atoms with Gasteiger partial charge in [-0.05, 0) is 41.8 Å². The van der Waals surface area contributed by atoms with Crippen LogP contribution in [0.1, 0.15) is 0 Å². The van der Waals surface area contributed by atoms with Gasteiger partial charge in [0, 0.05) is 27.4 Å². The SMILES string of the molecule is c1ccc(-c2nc(-n3c4ccccc4c4c3n3c5ccccc5nc3n4-c3ccccc3)nc3c2ccc2ccccc23)cc1. The molecular formula is C39H24N6. The predicted octanol–water partition coefficient (Wildman–Crippen LogP) is 9.14. The van der Waals surface area contributed by atoms with Crippen molar-refractivity contribution < 1.29 is 0 Å². The predicted molar refractivity (Wildman–Crippen MR) is 182 cm³/mol. The normalized spacial score (nSPS) is 12.0. The summed E-state index contributed by atoms with van der Waals surface area (Å²) in [4.78, 5) is 15.9. The second kappa shape index (κ2) is 9.11. The number of hydrogen-bond acceptors (Lipinski definition) is 3. The lowest BCUT2D eigenvalue weighted by Gasteiger charge is -2.13. The maximum Gasteiger partial charge on any atom is 0.237 e. The van der Waals surface area contributed by atoms with E-state index in [0.29, 0.717) is 5.95 Å². The molecule has 0 fully saturated rings. The molecule has 0 aliphatic heterocycles. The molecule has 0 aliphatic rings. The van der Waals surface area contributed by atoms with Crippen LogP contribution in [0.2, 0.25) is 0 Å². The number of para-hydroxylation sites is 4. The average Bonchev–Trinajstić information content (AvgIpc) is 3.75. The van der Waals surface area contributed by atoms with Crippen molar-refractivity contribution in [2.75, 3.05) is 0 Å². The molecule has 0 saturated heterocycles. The molecule has 10 rings (SSSR count). The van der Waals surface area contributed by atoms with Crippen molar-refractivity contribution in [3.05, 3.63) is 146 Å². The van der Waals surface area contributed by atoms with Crippen LogP contribution in [0.3, 0.4) is 0 Å². The lowest BCUT2D eigenvalue weighted by molar-refractivity contribution is 0.993. The topological polar surface area (TPSA) is 52.9 Å². The third-order valence-corrected chi connectivity index (χ3v) is 8.84. The van der Waals surface area contributed by atoms with Crippen LogP contribution in [0.5, 0.6) is 0 Å². The van der Waals surface area contributed by atoms with Crippen molar-refractivity contribution >= 4 is 60.6 Å². The Kier molecular flexibility index (Phi) is 4.90. The number of nitrogens with zero attached hydrogens (tertiary/aromatic N) is 6. The van der Waals surface area contributed by atoms with Gasteiger partial charge in [0.1, 0.15) is 5.52 Å². The highest BCUT2D eigenvalue weighted by Gasteiger charge is 2.26. The first-order valence-corrected chi connectivity index (χ1v) is 15.1. The van der Waals surface area contributed by atoms with Crippen LogP contribution < -0.4 is 0 Å². The fourth-order valence-corrected chi connectivity index (χ4v) is 6.90. The molecule has 210 valence electrons. The zero-order valence-electron chi connectivity index (χ0n) is 24.0. The van der Waals surface area contributed by atoms with Gasteiger partial charge in [-0.15, -0.1) is 0 Å². The van der Waals surface area contributed by atoms with Crippen LogP contribution in [-0.2, 0) is 0 Å². The monoisotopic (exact) mass is 576 g/mol. The van der Waals surface area contributed by atoms with Gasteiger partial charge in [0.25, 0.3) is 0 Å². The summed E-state index contributed by atoms with van der Waals surface area (Å²) in [5.74, 6) is 1.47. The summed E-state index contributed by atoms with van der Waals surface area (Å²) in [7, 11) is 0. The van der Waals surface area contributed by atoms with Gasteiger partial charge in [-0.25, -0.2) is 15.0 Å². The van der Waals surface area contributed by atoms with Gasteiger partial charge in [0.15, 0.2) is 5.65 Å². The molecule has 0 atom stereocenters. The average molecular weight is 577 g/mol.